The number of phenolic OH excluding ortho intramolecular Hbond substituents is 1. The summed E-state index contributed by atoms with van der Waals surface area (Å²) >= 11 is 0. The first kappa shape index (κ1) is 13.9. The molecule has 3 rings (SSSR count). The molecule has 0 bridgehead atoms. The maximum Gasteiger partial charge on any atom is 0.255 e. The van der Waals surface area contributed by atoms with Crippen LogP contribution in [0.3, 0.4) is 0 Å². The second kappa shape index (κ2) is 6.14. The minimum atomic E-state index is -0.176. The van der Waals surface area contributed by atoms with Crippen LogP contribution in [-0.4, -0.2) is 11.0 Å². The van der Waals surface area contributed by atoms with E-state index in [-0.39, 0.29) is 11.7 Å². The van der Waals surface area contributed by atoms with Crippen LogP contribution in [0.5, 0.6) is 5.75 Å². The number of hydrogen-bond acceptors (Lipinski definition) is 2. The predicted molar refractivity (Wildman–Crippen MR) is 87.9 cm³/mol. The van der Waals surface area contributed by atoms with Crippen molar-refractivity contribution in [1.82, 2.24) is 0 Å². The van der Waals surface area contributed by atoms with Crippen LogP contribution < -0.4 is 5.32 Å². The number of nitrogens with one attached hydrogen (secondary N) is 1. The van der Waals surface area contributed by atoms with Crippen LogP contribution in [0.15, 0.2) is 78.9 Å². The van der Waals surface area contributed by atoms with E-state index in [1.165, 1.54) is 12.1 Å². The smallest absolute Gasteiger partial charge is 0.255 e. The molecule has 0 unspecified atom stereocenters. The summed E-state index contributed by atoms with van der Waals surface area (Å²) in [7, 11) is 0. The lowest BCUT2D eigenvalue weighted by molar-refractivity contribution is 0.102. The topological polar surface area (TPSA) is 49.3 Å². The fourth-order valence-electron chi connectivity index (χ4n) is 2.19. The van der Waals surface area contributed by atoms with Crippen molar-refractivity contribution >= 4 is 11.6 Å². The highest BCUT2D eigenvalue weighted by atomic mass is 16.3. The maximum absolute atomic E-state index is 12.2. The first-order valence-electron chi connectivity index (χ1n) is 6.98. The lowest BCUT2D eigenvalue weighted by atomic mass is 10.0. The Morgan fingerprint density at radius 2 is 1.32 bits per heavy atom. The van der Waals surface area contributed by atoms with Crippen molar-refractivity contribution < 1.29 is 9.90 Å². The van der Waals surface area contributed by atoms with E-state index in [9.17, 15) is 9.90 Å². The average Bonchev–Trinajstić information content (AvgIpc) is 2.58. The fourth-order valence-corrected chi connectivity index (χ4v) is 2.19. The Hall–Kier alpha value is -3.07. The largest absolute Gasteiger partial charge is 0.508 e. The molecule has 0 heterocycles. The fraction of sp³-hybridized carbons (Fsp3) is 0. The Kier molecular flexibility index (Phi) is 3.88. The summed E-state index contributed by atoms with van der Waals surface area (Å²) in [5.74, 6) is -0.00415. The summed E-state index contributed by atoms with van der Waals surface area (Å²) in [6, 6.07) is 23.9. The first-order chi connectivity index (χ1) is 10.7. The van der Waals surface area contributed by atoms with Crippen LogP contribution in [0.1, 0.15) is 10.4 Å². The van der Waals surface area contributed by atoms with Crippen molar-refractivity contribution in [3.05, 3.63) is 84.4 Å². The molecule has 1 amide bonds. The zero-order valence-electron chi connectivity index (χ0n) is 11.9. The van der Waals surface area contributed by atoms with Crippen LogP contribution in [0, 0.1) is 0 Å². The lowest BCUT2D eigenvalue weighted by Gasteiger charge is -2.07. The molecule has 22 heavy (non-hydrogen) atoms. The molecule has 3 heteroatoms. The third-order valence-electron chi connectivity index (χ3n) is 3.38. The van der Waals surface area contributed by atoms with Crippen LogP contribution >= 0.6 is 0 Å². The molecule has 0 saturated carbocycles. The van der Waals surface area contributed by atoms with Gasteiger partial charge in [-0.3, -0.25) is 4.79 Å². The van der Waals surface area contributed by atoms with Crippen LogP contribution in [0.2, 0.25) is 0 Å². The molecule has 0 aliphatic rings. The van der Waals surface area contributed by atoms with E-state index < -0.39 is 0 Å². The summed E-state index contributed by atoms with van der Waals surface area (Å²) < 4.78 is 0. The molecule has 2 N–H and O–H groups in total. The normalized spacial score (nSPS) is 10.2. The van der Waals surface area contributed by atoms with Gasteiger partial charge in [-0.05, 0) is 47.5 Å². The SMILES string of the molecule is O=C(Nc1ccc(O)cc1)c1ccc(-c2ccccc2)cc1. The molecule has 0 spiro atoms. The zero-order valence-corrected chi connectivity index (χ0v) is 11.9. The molecule has 0 aliphatic carbocycles. The minimum Gasteiger partial charge on any atom is -0.508 e. The molecule has 3 aromatic rings. The number of rotatable bonds is 3. The summed E-state index contributed by atoms with van der Waals surface area (Å²) in [4.78, 5) is 12.2. The van der Waals surface area contributed by atoms with E-state index >= 15 is 0 Å². The van der Waals surface area contributed by atoms with Crippen molar-refractivity contribution in [3.63, 3.8) is 0 Å². The van der Waals surface area contributed by atoms with Crippen molar-refractivity contribution in [2.24, 2.45) is 0 Å². The predicted octanol–water partition coefficient (Wildman–Crippen LogP) is 4.31. The molecule has 0 fully saturated rings. The second-order valence-electron chi connectivity index (χ2n) is 4.94. The van der Waals surface area contributed by atoms with E-state index in [1.54, 1.807) is 24.3 Å². The molecular formula is C19H15NO2. The quantitative estimate of drug-likeness (QED) is 0.706. The van der Waals surface area contributed by atoms with Crippen LogP contribution in [0.4, 0.5) is 5.69 Å². The van der Waals surface area contributed by atoms with Crippen molar-refractivity contribution in [2.45, 2.75) is 0 Å². The molecule has 3 nitrogen and oxygen atoms in total. The maximum atomic E-state index is 12.2. The van der Waals surface area contributed by atoms with Crippen molar-refractivity contribution in [2.75, 3.05) is 5.32 Å². The average molecular weight is 289 g/mol. The third-order valence-corrected chi connectivity index (χ3v) is 3.38. The summed E-state index contributed by atoms with van der Waals surface area (Å²) in [5.41, 5.74) is 3.43. The number of carbonyl (C=O) groups excluding carboxylic acids is 1. The number of carbonyl (C=O) groups is 1. The number of anilines is 1. The second-order valence-corrected chi connectivity index (χ2v) is 4.94. The van der Waals surface area contributed by atoms with E-state index in [2.05, 4.69) is 5.32 Å². The lowest BCUT2D eigenvalue weighted by Crippen LogP contribution is -2.11. The Labute approximate surface area is 128 Å². The number of benzene rings is 3. The van der Waals surface area contributed by atoms with Crippen molar-refractivity contribution in [1.29, 1.82) is 0 Å². The van der Waals surface area contributed by atoms with E-state index in [4.69, 9.17) is 0 Å². The van der Waals surface area contributed by atoms with Gasteiger partial charge in [0.25, 0.3) is 5.91 Å². The monoisotopic (exact) mass is 289 g/mol. The standard InChI is InChI=1S/C19H15NO2/c21-18-12-10-17(11-13-18)20-19(22)16-8-6-15(7-9-16)14-4-2-1-3-5-14/h1-13,21H,(H,20,22). The third kappa shape index (κ3) is 3.15. The summed E-state index contributed by atoms with van der Waals surface area (Å²) in [6.45, 7) is 0. The van der Waals surface area contributed by atoms with E-state index in [0.717, 1.165) is 11.1 Å². The van der Waals surface area contributed by atoms with Gasteiger partial charge in [-0.15, -0.1) is 0 Å². The summed E-state index contributed by atoms with van der Waals surface area (Å²) in [6.07, 6.45) is 0. The minimum absolute atomic E-state index is 0.171. The zero-order chi connectivity index (χ0) is 15.4. The van der Waals surface area contributed by atoms with Gasteiger partial charge in [-0.1, -0.05) is 42.5 Å². The molecule has 3 aromatic carbocycles. The molecule has 0 aliphatic heterocycles. The van der Waals surface area contributed by atoms with Gasteiger partial charge >= 0.3 is 0 Å². The molecule has 0 saturated heterocycles. The first-order valence-corrected chi connectivity index (χ1v) is 6.98. The highest BCUT2D eigenvalue weighted by molar-refractivity contribution is 6.04. The van der Waals surface area contributed by atoms with Gasteiger partial charge in [0.1, 0.15) is 5.75 Å². The van der Waals surface area contributed by atoms with Gasteiger partial charge in [0.2, 0.25) is 0 Å². The van der Waals surface area contributed by atoms with Gasteiger partial charge in [0.05, 0.1) is 0 Å². The number of phenols is 1. The molecule has 0 aromatic heterocycles. The number of aromatic hydroxyl groups is 1. The molecule has 0 radical (unpaired) electrons. The van der Waals surface area contributed by atoms with Gasteiger partial charge < -0.3 is 10.4 Å². The Morgan fingerprint density at radius 1 is 0.727 bits per heavy atom. The number of hydrogen-bond donors (Lipinski definition) is 2. The van der Waals surface area contributed by atoms with Crippen LogP contribution in [-0.2, 0) is 0 Å². The van der Waals surface area contributed by atoms with Crippen LogP contribution in [0.25, 0.3) is 11.1 Å². The van der Waals surface area contributed by atoms with Gasteiger partial charge in [0.15, 0.2) is 0 Å². The Balaban J connectivity index is 1.75. The Morgan fingerprint density at radius 3 is 1.95 bits per heavy atom. The Bertz CT molecular complexity index is 763. The van der Waals surface area contributed by atoms with Gasteiger partial charge in [-0.2, -0.15) is 0 Å². The summed E-state index contributed by atoms with van der Waals surface area (Å²) in [5, 5.41) is 12.0. The van der Waals surface area contributed by atoms with E-state index in [0.29, 0.717) is 11.3 Å². The highest BCUT2D eigenvalue weighted by Crippen LogP contribution is 2.20. The molecular weight excluding hydrogens is 274 g/mol. The van der Waals surface area contributed by atoms with Gasteiger partial charge in [-0.25, -0.2) is 0 Å². The molecule has 108 valence electrons. The number of amides is 1. The van der Waals surface area contributed by atoms with Crippen molar-refractivity contribution in [3.8, 4) is 16.9 Å². The van der Waals surface area contributed by atoms with Gasteiger partial charge in [0, 0.05) is 11.3 Å². The molecule has 0 atom stereocenters. The highest BCUT2D eigenvalue weighted by Gasteiger charge is 2.06. The van der Waals surface area contributed by atoms with E-state index in [1.807, 2.05) is 42.5 Å².